The Labute approximate surface area is 119 Å². The van der Waals surface area contributed by atoms with Crippen LogP contribution in [-0.2, 0) is 4.79 Å². The van der Waals surface area contributed by atoms with Crippen molar-refractivity contribution < 1.29 is 14.0 Å². The lowest BCUT2D eigenvalue weighted by Gasteiger charge is -2.09. The molecule has 2 rings (SSSR count). The Morgan fingerprint density at radius 2 is 2.05 bits per heavy atom. The average Bonchev–Trinajstić information content (AvgIpc) is 2.96. The van der Waals surface area contributed by atoms with Crippen molar-refractivity contribution in [3.8, 4) is 0 Å². The number of hydrogen-bond donors (Lipinski definition) is 3. The number of nitrogens with two attached hydrogens (primary N) is 1. The van der Waals surface area contributed by atoms with Crippen LogP contribution >= 0.6 is 11.6 Å². The minimum Gasteiger partial charge on any atom is -0.459 e. The van der Waals surface area contributed by atoms with Crippen LogP contribution in [0.3, 0.4) is 0 Å². The second-order valence-electron chi connectivity index (χ2n) is 3.88. The lowest BCUT2D eigenvalue weighted by Crippen LogP contribution is -2.22. The quantitative estimate of drug-likeness (QED) is 0.804. The predicted molar refractivity (Wildman–Crippen MR) is 75.8 cm³/mol. The van der Waals surface area contributed by atoms with Crippen molar-refractivity contribution in [2.75, 3.05) is 17.2 Å². The molecule has 104 valence electrons. The standard InChI is InChI=1S/C13H12ClN3O3/c14-9-4-3-8(16-12(18)7-15)6-10(9)17-13(19)11-2-1-5-20-11/h1-6H,7,15H2,(H,16,18)(H,17,19). The van der Waals surface area contributed by atoms with Crippen molar-refractivity contribution >= 4 is 34.8 Å². The Hall–Kier alpha value is -2.31. The van der Waals surface area contributed by atoms with Crippen LogP contribution in [0.4, 0.5) is 11.4 Å². The van der Waals surface area contributed by atoms with Gasteiger partial charge in [0.25, 0.3) is 5.91 Å². The summed E-state index contributed by atoms with van der Waals surface area (Å²) in [7, 11) is 0. The number of nitrogens with one attached hydrogen (secondary N) is 2. The zero-order chi connectivity index (χ0) is 14.5. The van der Waals surface area contributed by atoms with E-state index in [1.54, 1.807) is 18.2 Å². The van der Waals surface area contributed by atoms with Gasteiger partial charge in [-0.15, -0.1) is 0 Å². The number of benzene rings is 1. The van der Waals surface area contributed by atoms with Crippen molar-refractivity contribution in [3.05, 3.63) is 47.4 Å². The zero-order valence-electron chi connectivity index (χ0n) is 10.4. The van der Waals surface area contributed by atoms with Gasteiger partial charge < -0.3 is 20.8 Å². The van der Waals surface area contributed by atoms with Gasteiger partial charge in [0, 0.05) is 5.69 Å². The number of anilines is 2. The highest BCUT2D eigenvalue weighted by atomic mass is 35.5. The van der Waals surface area contributed by atoms with Crippen LogP contribution in [0.5, 0.6) is 0 Å². The molecule has 20 heavy (non-hydrogen) atoms. The van der Waals surface area contributed by atoms with Gasteiger partial charge in [-0.2, -0.15) is 0 Å². The molecule has 0 fully saturated rings. The Kier molecular flexibility index (Phi) is 4.39. The summed E-state index contributed by atoms with van der Waals surface area (Å²) in [5.74, 6) is -0.604. The third-order valence-corrected chi connectivity index (χ3v) is 2.76. The number of rotatable bonds is 4. The van der Waals surface area contributed by atoms with E-state index in [0.717, 1.165) is 0 Å². The molecular formula is C13H12ClN3O3. The highest BCUT2D eigenvalue weighted by molar-refractivity contribution is 6.34. The van der Waals surface area contributed by atoms with Crippen LogP contribution in [0.25, 0.3) is 0 Å². The van der Waals surface area contributed by atoms with Crippen LogP contribution in [0.1, 0.15) is 10.6 Å². The number of carbonyl (C=O) groups excluding carboxylic acids is 2. The van der Waals surface area contributed by atoms with Crippen LogP contribution < -0.4 is 16.4 Å². The molecule has 0 bridgehead atoms. The summed E-state index contributed by atoms with van der Waals surface area (Å²) in [4.78, 5) is 23.1. The molecule has 0 aliphatic carbocycles. The summed E-state index contributed by atoms with van der Waals surface area (Å²) in [6, 6.07) is 7.85. The molecule has 0 unspecified atom stereocenters. The van der Waals surface area contributed by atoms with Gasteiger partial charge in [0.05, 0.1) is 23.5 Å². The number of carbonyl (C=O) groups is 2. The zero-order valence-corrected chi connectivity index (χ0v) is 11.1. The molecule has 2 amide bonds. The summed E-state index contributed by atoms with van der Waals surface area (Å²) in [5.41, 5.74) is 6.06. The first-order chi connectivity index (χ1) is 9.60. The number of hydrogen-bond acceptors (Lipinski definition) is 4. The fourth-order valence-corrected chi connectivity index (χ4v) is 1.67. The monoisotopic (exact) mass is 293 g/mol. The SMILES string of the molecule is NCC(=O)Nc1ccc(Cl)c(NC(=O)c2ccco2)c1. The van der Waals surface area contributed by atoms with Crippen molar-refractivity contribution in [3.63, 3.8) is 0 Å². The van der Waals surface area contributed by atoms with Gasteiger partial charge in [0.15, 0.2) is 5.76 Å². The van der Waals surface area contributed by atoms with Gasteiger partial charge in [-0.1, -0.05) is 11.6 Å². The number of halogens is 1. The van der Waals surface area contributed by atoms with E-state index in [9.17, 15) is 9.59 Å². The average molecular weight is 294 g/mol. The van der Waals surface area contributed by atoms with Crippen LogP contribution in [0.15, 0.2) is 41.0 Å². The molecular weight excluding hydrogens is 282 g/mol. The van der Waals surface area contributed by atoms with Crippen LogP contribution in [-0.4, -0.2) is 18.4 Å². The molecule has 1 aromatic carbocycles. The maximum Gasteiger partial charge on any atom is 0.291 e. The first-order valence-electron chi connectivity index (χ1n) is 5.74. The van der Waals surface area contributed by atoms with E-state index in [1.165, 1.54) is 18.4 Å². The van der Waals surface area contributed by atoms with Crippen molar-refractivity contribution in [1.82, 2.24) is 0 Å². The summed E-state index contributed by atoms with van der Waals surface area (Å²) < 4.78 is 4.98. The molecule has 0 atom stereocenters. The number of amides is 2. The van der Waals surface area contributed by atoms with Crippen molar-refractivity contribution in [2.24, 2.45) is 5.73 Å². The van der Waals surface area contributed by atoms with E-state index in [2.05, 4.69) is 10.6 Å². The Bertz CT molecular complexity index is 626. The topological polar surface area (TPSA) is 97.4 Å². The highest BCUT2D eigenvalue weighted by Gasteiger charge is 2.11. The number of furan rings is 1. The Morgan fingerprint density at radius 1 is 1.25 bits per heavy atom. The Morgan fingerprint density at radius 3 is 2.70 bits per heavy atom. The molecule has 0 aliphatic heterocycles. The molecule has 0 radical (unpaired) electrons. The summed E-state index contributed by atoms with van der Waals surface area (Å²) in [6.07, 6.45) is 1.40. The molecule has 6 nitrogen and oxygen atoms in total. The van der Waals surface area contributed by atoms with E-state index in [0.29, 0.717) is 16.4 Å². The van der Waals surface area contributed by atoms with Crippen LogP contribution in [0.2, 0.25) is 5.02 Å². The lowest BCUT2D eigenvalue weighted by molar-refractivity contribution is -0.114. The van der Waals surface area contributed by atoms with Gasteiger partial charge in [0.1, 0.15) is 0 Å². The maximum atomic E-state index is 11.8. The first kappa shape index (κ1) is 14.1. The van der Waals surface area contributed by atoms with E-state index >= 15 is 0 Å². The van der Waals surface area contributed by atoms with Crippen molar-refractivity contribution in [1.29, 1.82) is 0 Å². The summed E-state index contributed by atoms with van der Waals surface area (Å²) in [5, 5.41) is 5.51. The third-order valence-electron chi connectivity index (χ3n) is 2.43. The molecule has 1 heterocycles. The highest BCUT2D eigenvalue weighted by Crippen LogP contribution is 2.26. The Balaban J connectivity index is 2.16. The molecule has 0 saturated heterocycles. The molecule has 4 N–H and O–H groups in total. The van der Waals surface area contributed by atoms with Crippen molar-refractivity contribution in [2.45, 2.75) is 0 Å². The van der Waals surface area contributed by atoms with Gasteiger partial charge in [-0.05, 0) is 30.3 Å². The summed E-state index contributed by atoms with van der Waals surface area (Å²) >= 11 is 5.99. The maximum absolute atomic E-state index is 11.8. The second kappa shape index (κ2) is 6.23. The van der Waals surface area contributed by atoms with E-state index in [4.69, 9.17) is 21.8 Å². The van der Waals surface area contributed by atoms with E-state index in [-0.39, 0.29) is 18.2 Å². The normalized spacial score (nSPS) is 10.1. The smallest absolute Gasteiger partial charge is 0.291 e. The first-order valence-corrected chi connectivity index (χ1v) is 6.12. The predicted octanol–water partition coefficient (Wildman–Crippen LogP) is 2.08. The largest absolute Gasteiger partial charge is 0.459 e. The van der Waals surface area contributed by atoms with Gasteiger partial charge in [0.2, 0.25) is 5.91 Å². The fourth-order valence-electron chi connectivity index (χ4n) is 1.50. The molecule has 7 heteroatoms. The molecule has 0 spiro atoms. The third kappa shape index (κ3) is 3.37. The molecule has 2 aromatic rings. The van der Waals surface area contributed by atoms with E-state index in [1.807, 2.05) is 0 Å². The van der Waals surface area contributed by atoms with E-state index < -0.39 is 5.91 Å². The minimum absolute atomic E-state index is 0.128. The molecule has 0 saturated carbocycles. The summed E-state index contributed by atoms with van der Waals surface area (Å²) in [6.45, 7) is -0.128. The van der Waals surface area contributed by atoms with Gasteiger partial charge in [-0.3, -0.25) is 9.59 Å². The molecule has 0 aliphatic rings. The van der Waals surface area contributed by atoms with Crippen LogP contribution in [0, 0.1) is 0 Å². The van der Waals surface area contributed by atoms with Gasteiger partial charge in [-0.25, -0.2) is 0 Å². The molecule has 1 aromatic heterocycles. The second-order valence-corrected chi connectivity index (χ2v) is 4.29. The lowest BCUT2D eigenvalue weighted by atomic mass is 10.2. The van der Waals surface area contributed by atoms with Gasteiger partial charge >= 0.3 is 0 Å². The minimum atomic E-state index is -0.431. The fraction of sp³-hybridized carbons (Fsp3) is 0.0769.